The highest BCUT2D eigenvalue weighted by Gasteiger charge is 2.23. The number of amides is 1. The number of nitrogens with one attached hydrogen (secondary N) is 1. The third-order valence-electron chi connectivity index (χ3n) is 4.17. The average molecular weight is 329 g/mol. The zero-order valence-electron chi connectivity index (χ0n) is 12.1. The molecule has 2 rings (SSSR count). The lowest BCUT2D eigenvalue weighted by Gasteiger charge is -2.30. The molecule has 0 heterocycles. The molecule has 0 spiro atoms. The quantitative estimate of drug-likeness (QED) is 0.868. The van der Waals surface area contributed by atoms with Gasteiger partial charge in [0.25, 0.3) is 0 Å². The van der Waals surface area contributed by atoms with Gasteiger partial charge >= 0.3 is 0 Å². The van der Waals surface area contributed by atoms with Crippen molar-refractivity contribution >= 4 is 29.1 Å². The van der Waals surface area contributed by atoms with Gasteiger partial charge < -0.3 is 11.1 Å². The van der Waals surface area contributed by atoms with E-state index in [2.05, 4.69) is 5.32 Å². The van der Waals surface area contributed by atoms with Gasteiger partial charge in [-0.3, -0.25) is 4.79 Å². The maximum absolute atomic E-state index is 12.2. The molecule has 3 N–H and O–H groups in total. The van der Waals surface area contributed by atoms with Crippen molar-refractivity contribution < 1.29 is 4.79 Å². The Kier molecular flexibility index (Phi) is 6.34. The molecule has 1 aliphatic carbocycles. The summed E-state index contributed by atoms with van der Waals surface area (Å²) in [5.74, 6) is 0.510. The van der Waals surface area contributed by atoms with Crippen LogP contribution in [0.3, 0.4) is 0 Å². The standard InChI is InChI=1S/C16H22Cl2N2O/c17-13-7-6-11(8-14(13)18)9-16(21)20-15(10-19)12-4-2-1-3-5-12/h6-8,12,15H,1-5,9-10,19H2,(H,20,21). The lowest BCUT2D eigenvalue weighted by molar-refractivity contribution is -0.121. The van der Waals surface area contributed by atoms with Crippen LogP contribution in [0.5, 0.6) is 0 Å². The monoisotopic (exact) mass is 328 g/mol. The molecule has 1 aromatic rings. The van der Waals surface area contributed by atoms with E-state index in [9.17, 15) is 4.79 Å². The Morgan fingerprint density at radius 2 is 1.95 bits per heavy atom. The largest absolute Gasteiger partial charge is 0.352 e. The maximum atomic E-state index is 12.2. The molecule has 0 bridgehead atoms. The molecule has 5 heteroatoms. The molecule has 1 unspecified atom stereocenters. The van der Waals surface area contributed by atoms with E-state index >= 15 is 0 Å². The van der Waals surface area contributed by atoms with Gasteiger partial charge in [0, 0.05) is 12.6 Å². The summed E-state index contributed by atoms with van der Waals surface area (Å²) in [5.41, 5.74) is 6.70. The minimum atomic E-state index is -0.00517. The van der Waals surface area contributed by atoms with Gasteiger partial charge in [-0.1, -0.05) is 48.5 Å². The number of benzene rings is 1. The summed E-state index contributed by atoms with van der Waals surface area (Å²) in [6, 6.07) is 5.36. The van der Waals surface area contributed by atoms with Gasteiger partial charge in [-0.2, -0.15) is 0 Å². The highest BCUT2D eigenvalue weighted by molar-refractivity contribution is 6.42. The van der Waals surface area contributed by atoms with Crippen molar-refractivity contribution in [2.24, 2.45) is 11.7 Å². The molecular weight excluding hydrogens is 307 g/mol. The first kappa shape index (κ1) is 16.6. The first-order valence-corrected chi connectivity index (χ1v) is 8.29. The Balaban J connectivity index is 1.91. The van der Waals surface area contributed by atoms with Crippen molar-refractivity contribution in [3.8, 4) is 0 Å². The number of nitrogens with two attached hydrogens (primary N) is 1. The second kappa shape index (κ2) is 8.02. The first-order valence-electron chi connectivity index (χ1n) is 7.53. The van der Waals surface area contributed by atoms with Crippen molar-refractivity contribution in [1.82, 2.24) is 5.32 Å². The van der Waals surface area contributed by atoms with Crippen LogP contribution in [0.15, 0.2) is 18.2 Å². The fourth-order valence-electron chi connectivity index (χ4n) is 3.00. The third kappa shape index (κ3) is 4.87. The predicted molar refractivity (Wildman–Crippen MR) is 87.7 cm³/mol. The van der Waals surface area contributed by atoms with E-state index in [1.54, 1.807) is 12.1 Å². The second-order valence-electron chi connectivity index (χ2n) is 5.73. The summed E-state index contributed by atoms with van der Waals surface area (Å²) in [6.07, 6.45) is 6.41. The molecule has 3 nitrogen and oxygen atoms in total. The summed E-state index contributed by atoms with van der Waals surface area (Å²) in [5, 5.41) is 4.06. The summed E-state index contributed by atoms with van der Waals surface area (Å²) in [6.45, 7) is 0.498. The minimum absolute atomic E-state index is 0.00517. The molecule has 0 aliphatic heterocycles. The molecule has 116 valence electrons. The second-order valence-corrected chi connectivity index (χ2v) is 6.55. The highest BCUT2D eigenvalue weighted by atomic mass is 35.5. The molecule has 1 aliphatic rings. The smallest absolute Gasteiger partial charge is 0.224 e. The zero-order chi connectivity index (χ0) is 15.2. The van der Waals surface area contributed by atoms with Crippen LogP contribution in [-0.4, -0.2) is 18.5 Å². The maximum Gasteiger partial charge on any atom is 0.224 e. The minimum Gasteiger partial charge on any atom is -0.352 e. The van der Waals surface area contributed by atoms with Crippen molar-refractivity contribution in [2.75, 3.05) is 6.54 Å². The number of hydrogen-bond donors (Lipinski definition) is 2. The fourth-order valence-corrected chi connectivity index (χ4v) is 3.32. The van der Waals surface area contributed by atoms with Crippen LogP contribution < -0.4 is 11.1 Å². The normalized spacial score (nSPS) is 17.5. The fraction of sp³-hybridized carbons (Fsp3) is 0.562. The molecule has 0 saturated heterocycles. The molecular formula is C16H22Cl2N2O. The lowest BCUT2D eigenvalue weighted by atomic mass is 9.84. The van der Waals surface area contributed by atoms with E-state index in [0.29, 0.717) is 28.9 Å². The van der Waals surface area contributed by atoms with Gasteiger partial charge in [0.05, 0.1) is 16.5 Å². The zero-order valence-corrected chi connectivity index (χ0v) is 13.6. The van der Waals surface area contributed by atoms with Crippen LogP contribution in [0, 0.1) is 5.92 Å². The van der Waals surface area contributed by atoms with E-state index in [1.807, 2.05) is 6.07 Å². The van der Waals surface area contributed by atoms with Gasteiger partial charge in [-0.25, -0.2) is 0 Å². The van der Waals surface area contributed by atoms with Crippen LogP contribution in [-0.2, 0) is 11.2 Å². The summed E-state index contributed by atoms with van der Waals surface area (Å²) in [7, 11) is 0. The van der Waals surface area contributed by atoms with E-state index < -0.39 is 0 Å². The molecule has 1 amide bonds. The molecule has 1 atom stereocenters. The number of carbonyl (C=O) groups excluding carboxylic acids is 1. The van der Waals surface area contributed by atoms with Crippen LogP contribution >= 0.6 is 23.2 Å². The van der Waals surface area contributed by atoms with Crippen LogP contribution in [0.4, 0.5) is 0 Å². The number of hydrogen-bond acceptors (Lipinski definition) is 2. The summed E-state index contributed by atoms with van der Waals surface area (Å²) >= 11 is 11.8. The van der Waals surface area contributed by atoms with Gasteiger partial charge in [-0.05, 0) is 36.5 Å². The molecule has 0 aromatic heterocycles. The number of rotatable bonds is 5. The Morgan fingerprint density at radius 3 is 2.57 bits per heavy atom. The summed E-state index contributed by atoms with van der Waals surface area (Å²) < 4.78 is 0. The third-order valence-corrected chi connectivity index (χ3v) is 4.91. The predicted octanol–water partition coefficient (Wildman–Crippen LogP) is 3.56. The van der Waals surface area contributed by atoms with Crippen LogP contribution in [0.1, 0.15) is 37.7 Å². The van der Waals surface area contributed by atoms with Crippen molar-refractivity contribution in [1.29, 1.82) is 0 Å². The number of carbonyl (C=O) groups is 1. The Labute approximate surface area is 136 Å². The number of halogens is 2. The Morgan fingerprint density at radius 1 is 1.24 bits per heavy atom. The van der Waals surface area contributed by atoms with Crippen LogP contribution in [0.25, 0.3) is 0 Å². The van der Waals surface area contributed by atoms with E-state index in [1.165, 1.54) is 19.3 Å². The molecule has 1 saturated carbocycles. The molecule has 1 aromatic carbocycles. The van der Waals surface area contributed by atoms with Crippen molar-refractivity contribution in [3.63, 3.8) is 0 Å². The molecule has 0 radical (unpaired) electrons. The highest BCUT2D eigenvalue weighted by Crippen LogP contribution is 2.26. The van der Waals surface area contributed by atoms with Gasteiger partial charge in [0.1, 0.15) is 0 Å². The average Bonchev–Trinajstić information content (AvgIpc) is 2.49. The van der Waals surface area contributed by atoms with Gasteiger partial charge in [0.15, 0.2) is 0 Å². The SMILES string of the molecule is NCC(NC(=O)Cc1ccc(Cl)c(Cl)c1)C1CCCCC1. The van der Waals surface area contributed by atoms with E-state index in [0.717, 1.165) is 18.4 Å². The lowest BCUT2D eigenvalue weighted by Crippen LogP contribution is -2.46. The molecule has 21 heavy (non-hydrogen) atoms. The molecule has 1 fully saturated rings. The van der Waals surface area contributed by atoms with Crippen molar-refractivity contribution in [2.45, 2.75) is 44.6 Å². The Hall–Kier alpha value is -0.770. The van der Waals surface area contributed by atoms with Gasteiger partial charge in [0.2, 0.25) is 5.91 Å². The van der Waals surface area contributed by atoms with E-state index in [-0.39, 0.29) is 11.9 Å². The topological polar surface area (TPSA) is 55.1 Å². The van der Waals surface area contributed by atoms with Crippen LogP contribution in [0.2, 0.25) is 10.0 Å². The summed E-state index contributed by atoms with van der Waals surface area (Å²) in [4.78, 5) is 12.2. The first-order chi connectivity index (χ1) is 10.1. The van der Waals surface area contributed by atoms with Crippen molar-refractivity contribution in [3.05, 3.63) is 33.8 Å². The van der Waals surface area contributed by atoms with Gasteiger partial charge in [-0.15, -0.1) is 0 Å². The Bertz CT molecular complexity index is 487. The van der Waals surface area contributed by atoms with E-state index in [4.69, 9.17) is 28.9 Å².